The average Bonchev–Trinajstić information content (AvgIpc) is 2.56. The fourth-order valence-electron chi connectivity index (χ4n) is 3.03. The second kappa shape index (κ2) is 6.92. The van der Waals surface area contributed by atoms with E-state index in [9.17, 15) is 10.2 Å². The van der Waals surface area contributed by atoms with Gasteiger partial charge in [0.25, 0.3) is 0 Å². The lowest BCUT2D eigenvalue weighted by molar-refractivity contribution is 0.189. The van der Waals surface area contributed by atoms with Crippen LogP contribution < -0.4 is 9.64 Å². The topological polar surface area (TPSA) is 52.9 Å². The van der Waals surface area contributed by atoms with Gasteiger partial charge in [-0.2, -0.15) is 0 Å². The molecule has 2 aromatic carbocycles. The van der Waals surface area contributed by atoms with Gasteiger partial charge in [-0.1, -0.05) is 31.2 Å². The van der Waals surface area contributed by atoms with Crippen molar-refractivity contribution in [2.75, 3.05) is 24.6 Å². The predicted octanol–water partition coefficient (Wildman–Crippen LogP) is 2.76. The van der Waals surface area contributed by atoms with Crippen molar-refractivity contribution in [3.8, 4) is 11.5 Å². The Labute approximate surface area is 136 Å². The van der Waals surface area contributed by atoms with Crippen molar-refractivity contribution < 1.29 is 14.9 Å². The van der Waals surface area contributed by atoms with Crippen LogP contribution in [-0.4, -0.2) is 36.0 Å². The lowest BCUT2D eigenvalue weighted by atomic mass is 10.0. The van der Waals surface area contributed by atoms with E-state index in [1.807, 2.05) is 0 Å². The van der Waals surface area contributed by atoms with Crippen LogP contribution >= 0.6 is 0 Å². The van der Waals surface area contributed by atoms with E-state index in [4.69, 9.17) is 4.74 Å². The van der Waals surface area contributed by atoms with Crippen molar-refractivity contribution in [2.45, 2.75) is 25.9 Å². The van der Waals surface area contributed by atoms with Gasteiger partial charge in [0.15, 0.2) is 0 Å². The second-order valence-corrected chi connectivity index (χ2v) is 5.94. The monoisotopic (exact) mass is 313 g/mol. The van der Waals surface area contributed by atoms with E-state index in [0.717, 1.165) is 24.3 Å². The third kappa shape index (κ3) is 3.59. The first-order valence-corrected chi connectivity index (χ1v) is 8.13. The van der Waals surface area contributed by atoms with Crippen LogP contribution in [0.3, 0.4) is 0 Å². The summed E-state index contributed by atoms with van der Waals surface area (Å²) >= 11 is 0. The van der Waals surface area contributed by atoms with E-state index >= 15 is 0 Å². The molecule has 2 N–H and O–H groups in total. The summed E-state index contributed by atoms with van der Waals surface area (Å²) in [7, 11) is 0. The predicted molar refractivity (Wildman–Crippen MR) is 91.3 cm³/mol. The molecule has 0 fully saturated rings. The third-order valence-corrected chi connectivity index (χ3v) is 4.27. The van der Waals surface area contributed by atoms with Gasteiger partial charge in [-0.05, 0) is 29.7 Å². The Hall–Kier alpha value is -2.20. The molecule has 4 heteroatoms. The number of aryl methyl sites for hydroxylation is 1. The molecule has 3 rings (SSSR count). The molecule has 0 aromatic heterocycles. The summed E-state index contributed by atoms with van der Waals surface area (Å²) < 4.78 is 6.09. The number of ether oxygens (including phenoxy) is 1. The number of aromatic hydroxyl groups is 1. The van der Waals surface area contributed by atoms with E-state index < -0.39 is 0 Å². The molecule has 0 spiro atoms. The number of aliphatic hydroxyl groups is 1. The Kier molecular flexibility index (Phi) is 4.72. The zero-order valence-electron chi connectivity index (χ0n) is 13.4. The smallest absolute Gasteiger partial charge is 0.143 e. The maximum atomic E-state index is 9.68. The minimum atomic E-state index is 0.0334. The number of phenolic OH excluding ortho intramolecular Hbond substituents is 1. The van der Waals surface area contributed by atoms with E-state index in [1.54, 1.807) is 18.2 Å². The van der Waals surface area contributed by atoms with Crippen molar-refractivity contribution in [1.82, 2.24) is 0 Å². The Balaban J connectivity index is 1.77. The highest BCUT2D eigenvalue weighted by Gasteiger charge is 2.26. The molecule has 1 unspecified atom stereocenters. The molecular weight excluding hydrogens is 290 g/mol. The number of β-amino-alcohol motifs (C(OH)–C–C–N with tert-alkyl or cyclic N) is 1. The zero-order chi connectivity index (χ0) is 16.2. The van der Waals surface area contributed by atoms with Crippen LogP contribution in [0.15, 0.2) is 42.5 Å². The molecular formula is C19H23NO3. The fourth-order valence-corrected chi connectivity index (χ4v) is 3.03. The maximum absolute atomic E-state index is 9.68. The first-order valence-electron chi connectivity index (χ1n) is 8.13. The molecule has 0 radical (unpaired) electrons. The molecule has 4 nitrogen and oxygen atoms in total. The summed E-state index contributed by atoms with van der Waals surface area (Å²) in [6, 6.07) is 13.8. The van der Waals surface area contributed by atoms with Gasteiger partial charge >= 0.3 is 0 Å². The molecule has 1 aliphatic rings. The Bertz CT molecular complexity index is 654. The molecule has 0 saturated heterocycles. The van der Waals surface area contributed by atoms with Gasteiger partial charge in [0.2, 0.25) is 0 Å². The lowest BCUT2D eigenvalue weighted by Gasteiger charge is -2.36. The molecule has 0 bridgehead atoms. The first-order chi connectivity index (χ1) is 11.2. The number of rotatable bonds is 5. The van der Waals surface area contributed by atoms with Crippen LogP contribution in [0.25, 0.3) is 0 Å². The molecule has 0 saturated carbocycles. The summed E-state index contributed by atoms with van der Waals surface area (Å²) in [6.07, 6.45) is 1.90. The maximum Gasteiger partial charge on any atom is 0.143 e. The minimum absolute atomic E-state index is 0.0334. The van der Waals surface area contributed by atoms with Crippen LogP contribution in [-0.2, 0) is 12.8 Å². The number of hydrogen-bond donors (Lipinski definition) is 2. The Morgan fingerprint density at radius 1 is 1.13 bits per heavy atom. The zero-order valence-corrected chi connectivity index (χ0v) is 13.4. The van der Waals surface area contributed by atoms with E-state index in [2.05, 4.69) is 36.1 Å². The molecule has 1 atom stereocenters. The van der Waals surface area contributed by atoms with Crippen LogP contribution in [0.5, 0.6) is 11.5 Å². The van der Waals surface area contributed by atoms with E-state index in [1.165, 1.54) is 11.1 Å². The van der Waals surface area contributed by atoms with Crippen molar-refractivity contribution in [3.05, 3.63) is 53.6 Å². The highest BCUT2D eigenvalue weighted by molar-refractivity contribution is 5.63. The van der Waals surface area contributed by atoms with Crippen LogP contribution in [0.1, 0.15) is 18.1 Å². The van der Waals surface area contributed by atoms with Gasteiger partial charge in [0.05, 0.1) is 18.8 Å². The molecule has 2 aromatic rings. The van der Waals surface area contributed by atoms with Gasteiger partial charge in [-0.3, -0.25) is 0 Å². The Morgan fingerprint density at radius 2 is 1.87 bits per heavy atom. The Morgan fingerprint density at radius 3 is 2.57 bits per heavy atom. The first kappa shape index (κ1) is 15.7. The number of benzene rings is 2. The van der Waals surface area contributed by atoms with Crippen molar-refractivity contribution >= 4 is 5.69 Å². The van der Waals surface area contributed by atoms with Crippen molar-refractivity contribution in [1.29, 1.82) is 0 Å². The van der Waals surface area contributed by atoms with Crippen molar-refractivity contribution in [3.63, 3.8) is 0 Å². The largest absolute Gasteiger partial charge is 0.508 e. The van der Waals surface area contributed by atoms with Gasteiger partial charge < -0.3 is 19.8 Å². The van der Waals surface area contributed by atoms with Gasteiger partial charge in [-0.25, -0.2) is 0 Å². The highest BCUT2D eigenvalue weighted by Crippen LogP contribution is 2.36. The van der Waals surface area contributed by atoms with Gasteiger partial charge in [-0.15, -0.1) is 0 Å². The molecule has 1 heterocycles. The minimum Gasteiger partial charge on any atom is -0.508 e. The number of phenols is 1. The summed E-state index contributed by atoms with van der Waals surface area (Å²) in [5.74, 6) is 0.974. The second-order valence-electron chi connectivity index (χ2n) is 5.94. The summed E-state index contributed by atoms with van der Waals surface area (Å²) in [6.45, 7) is 3.46. The molecule has 0 aliphatic carbocycles. The van der Waals surface area contributed by atoms with Crippen LogP contribution in [0.4, 0.5) is 5.69 Å². The quantitative estimate of drug-likeness (QED) is 0.891. The normalized spacial score (nSPS) is 16.8. The summed E-state index contributed by atoms with van der Waals surface area (Å²) in [5.41, 5.74) is 3.43. The standard InChI is InChI=1S/C19H23NO3/c1-2-14-3-5-15(6-4-14)11-17-13-20(9-10-21)18-12-16(22)7-8-19(18)23-17/h3-8,12,17,21-22H,2,9-11,13H2,1H3. The lowest BCUT2D eigenvalue weighted by Crippen LogP contribution is -2.42. The molecule has 0 amide bonds. The number of nitrogens with zero attached hydrogens (tertiary/aromatic N) is 1. The third-order valence-electron chi connectivity index (χ3n) is 4.27. The van der Waals surface area contributed by atoms with Crippen molar-refractivity contribution in [2.24, 2.45) is 0 Å². The number of anilines is 1. The SMILES string of the molecule is CCc1ccc(CC2CN(CCO)c3cc(O)ccc3O2)cc1. The van der Waals surface area contributed by atoms with Gasteiger partial charge in [0.1, 0.15) is 17.6 Å². The highest BCUT2D eigenvalue weighted by atomic mass is 16.5. The van der Waals surface area contributed by atoms with Crippen LogP contribution in [0.2, 0.25) is 0 Å². The van der Waals surface area contributed by atoms with Crippen LogP contribution in [0, 0.1) is 0 Å². The number of aliphatic hydroxyl groups excluding tert-OH is 1. The van der Waals surface area contributed by atoms with E-state index in [-0.39, 0.29) is 18.5 Å². The summed E-state index contributed by atoms with van der Waals surface area (Å²) in [4.78, 5) is 2.07. The average molecular weight is 313 g/mol. The fraction of sp³-hybridized carbons (Fsp3) is 0.368. The number of fused-ring (bicyclic) bond motifs is 1. The summed E-state index contributed by atoms with van der Waals surface area (Å²) in [5, 5.41) is 19.0. The molecule has 23 heavy (non-hydrogen) atoms. The van der Waals surface area contributed by atoms with E-state index in [0.29, 0.717) is 13.1 Å². The molecule has 122 valence electrons. The molecule has 1 aliphatic heterocycles. The van der Waals surface area contributed by atoms with Gasteiger partial charge in [0, 0.05) is 19.0 Å². The number of hydrogen-bond acceptors (Lipinski definition) is 4.